The topological polar surface area (TPSA) is 48.5 Å². The smallest absolute Gasteiger partial charge is 0.238 e. The minimum atomic E-state index is 0.548. The fourth-order valence-electron chi connectivity index (χ4n) is 11.0. The molecule has 0 atom stereocenters. The van der Waals surface area contributed by atoms with Crippen LogP contribution in [0.2, 0.25) is 0 Å². The van der Waals surface area contributed by atoms with Crippen LogP contribution in [0, 0.1) is 0 Å². The van der Waals surface area contributed by atoms with Crippen LogP contribution >= 0.6 is 0 Å². The van der Waals surface area contributed by atoms with Gasteiger partial charge in [0.1, 0.15) is 0 Å². The molecular formula is C69H45N5. The highest BCUT2D eigenvalue weighted by Crippen LogP contribution is 2.45. The summed E-state index contributed by atoms with van der Waals surface area (Å²) in [5.74, 6) is 1.76. The lowest BCUT2D eigenvalue weighted by Crippen LogP contribution is -2.07. The van der Waals surface area contributed by atoms with Crippen molar-refractivity contribution in [1.29, 1.82) is 0 Å². The summed E-state index contributed by atoms with van der Waals surface area (Å²) in [6.07, 6.45) is 0. The van der Waals surface area contributed by atoms with Gasteiger partial charge in [0.15, 0.2) is 11.6 Å². The molecule has 3 heterocycles. The number of nitrogens with zero attached hydrogens (tertiary/aromatic N) is 5. The standard InChI is InChI=1S/C69H45N5/c1-5-21-46(22-6-1)47-37-39-48(40-38-47)52-43-53(56-30-14-16-32-58(56)57-31-15-13-29-55(57)49-23-7-2-8-24-49)45-54(44-52)73-63-35-19-17-33-59(63)61-41-42-62-60-34-18-20-36-64(60)74(66(62)65(61)73)69-71-67(50-25-9-3-10-26-50)70-68(72-69)51-27-11-4-12-28-51/h1-45H. The molecule has 0 aliphatic heterocycles. The Labute approximate surface area is 428 Å². The first-order valence-corrected chi connectivity index (χ1v) is 25.1. The molecule has 346 valence electrons. The average Bonchev–Trinajstić information content (AvgIpc) is 4.07. The lowest BCUT2D eigenvalue weighted by molar-refractivity contribution is 0.953. The van der Waals surface area contributed by atoms with Crippen molar-refractivity contribution in [3.05, 3.63) is 273 Å². The van der Waals surface area contributed by atoms with Gasteiger partial charge in [0.2, 0.25) is 5.95 Å². The van der Waals surface area contributed by atoms with Crippen molar-refractivity contribution in [1.82, 2.24) is 24.1 Å². The van der Waals surface area contributed by atoms with E-state index in [1.165, 1.54) is 27.8 Å². The van der Waals surface area contributed by atoms with E-state index in [1.54, 1.807) is 0 Å². The molecule has 0 saturated carbocycles. The van der Waals surface area contributed by atoms with E-state index in [4.69, 9.17) is 15.0 Å². The Morgan fingerprint density at radius 1 is 0.230 bits per heavy atom. The van der Waals surface area contributed by atoms with Crippen LogP contribution in [-0.4, -0.2) is 24.1 Å². The van der Waals surface area contributed by atoms with Crippen molar-refractivity contribution >= 4 is 43.6 Å². The number of benzene rings is 11. The van der Waals surface area contributed by atoms with Gasteiger partial charge in [-0.2, -0.15) is 9.97 Å². The molecule has 74 heavy (non-hydrogen) atoms. The van der Waals surface area contributed by atoms with Gasteiger partial charge in [-0.05, 0) is 86.0 Å². The van der Waals surface area contributed by atoms with Crippen LogP contribution in [0.5, 0.6) is 0 Å². The third-order valence-corrected chi connectivity index (χ3v) is 14.4. The molecule has 0 unspecified atom stereocenters. The summed E-state index contributed by atoms with van der Waals surface area (Å²) in [6, 6.07) is 97.5. The van der Waals surface area contributed by atoms with Crippen LogP contribution in [0.15, 0.2) is 273 Å². The van der Waals surface area contributed by atoms with E-state index >= 15 is 0 Å². The SMILES string of the molecule is c1ccc(-c2ccc(-c3cc(-c4ccccc4-c4ccccc4-c4ccccc4)cc(-n4c5ccccc5c5ccc6c7ccccc7n(-c7nc(-c8ccccc8)nc(-c8ccccc8)n7)c6c54)c3)cc2)cc1. The first-order valence-electron chi connectivity index (χ1n) is 25.1. The second-order valence-corrected chi connectivity index (χ2v) is 18.7. The lowest BCUT2D eigenvalue weighted by Gasteiger charge is -2.18. The average molecular weight is 944 g/mol. The number of aromatic nitrogens is 5. The first kappa shape index (κ1) is 42.9. The Balaban J connectivity index is 1.07. The fraction of sp³-hybridized carbons (Fsp3) is 0. The summed E-state index contributed by atoms with van der Waals surface area (Å²) in [5.41, 5.74) is 18.6. The van der Waals surface area contributed by atoms with Gasteiger partial charge in [0.05, 0.1) is 22.1 Å². The highest BCUT2D eigenvalue weighted by molar-refractivity contribution is 6.23. The van der Waals surface area contributed by atoms with E-state index in [1.807, 2.05) is 36.4 Å². The highest BCUT2D eigenvalue weighted by Gasteiger charge is 2.25. The lowest BCUT2D eigenvalue weighted by atomic mass is 9.88. The van der Waals surface area contributed by atoms with E-state index < -0.39 is 0 Å². The molecule has 3 aromatic heterocycles. The second-order valence-electron chi connectivity index (χ2n) is 18.7. The Morgan fingerprint density at radius 2 is 0.608 bits per heavy atom. The zero-order valence-corrected chi connectivity index (χ0v) is 40.2. The highest BCUT2D eigenvalue weighted by atomic mass is 15.2. The molecule has 0 amide bonds. The van der Waals surface area contributed by atoms with Crippen molar-refractivity contribution in [2.75, 3.05) is 0 Å². The number of hydrogen-bond acceptors (Lipinski definition) is 3. The van der Waals surface area contributed by atoms with Gasteiger partial charge in [-0.25, -0.2) is 4.98 Å². The van der Waals surface area contributed by atoms with Gasteiger partial charge in [0, 0.05) is 38.4 Å². The van der Waals surface area contributed by atoms with Crippen LogP contribution in [0.1, 0.15) is 0 Å². The van der Waals surface area contributed by atoms with Gasteiger partial charge >= 0.3 is 0 Å². The van der Waals surface area contributed by atoms with Gasteiger partial charge < -0.3 is 4.57 Å². The minimum Gasteiger partial charge on any atom is -0.307 e. The van der Waals surface area contributed by atoms with Crippen molar-refractivity contribution in [3.8, 4) is 90.0 Å². The summed E-state index contributed by atoms with van der Waals surface area (Å²) in [5, 5.41) is 4.51. The van der Waals surface area contributed by atoms with E-state index in [0.717, 1.165) is 88.2 Å². The maximum Gasteiger partial charge on any atom is 0.238 e. The Bertz CT molecular complexity index is 4330. The van der Waals surface area contributed by atoms with E-state index in [2.05, 4.69) is 246 Å². The molecule has 14 rings (SSSR count). The van der Waals surface area contributed by atoms with Gasteiger partial charge in [-0.1, -0.05) is 243 Å². The molecule has 5 nitrogen and oxygen atoms in total. The number of para-hydroxylation sites is 2. The third-order valence-electron chi connectivity index (χ3n) is 14.4. The van der Waals surface area contributed by atoms with Gasteiger partial charge in [0.25, 0.3) is 0 Å². The quantitative estimate of drug-likeness (QED) is 0.145. The summed E-state index contributed by atoms with van der Waals surface area (Å²) in [7, 11) is 0. The zero-order valence-electron chi connectivity index (χ0n) is 40.2. The van der Waals surface area contributed by atoms with Gasteiger partial charge in [-0.3, -0.25) is 4.57 Å². The van der Waals surface area contributed by atoms with Gasteiger partial charge in [-0.15, -0.1) is 0 Å². The third kappa shape index (κ3) is 7.37. The Kier molecular flexibility index (Phi) is 10.4. The minimum absolute atomic E-state index is 0.548. The molecule has 0 aliphatic carbocycles. The maximum atomic E-state index is 5.37. The fourth-order valence-corrected chi connectivity index (χ4v) is 11.0. The van der Waals surface area contributed by atoms with Crippen LogP contribution in [-0.2, 0) is 0 Å². The Morgan fingerprint density at radius 3 is 1.15 bits per heavy atom. The monoisotopic (exact) mass is 943 g/mol. The van der Waals surface area contributed by atoms with Crippen molar-refractivity contribution in [3.63, 3.8) is 0 Å². The summed E-state index contributed by atoms with van der Waals surface area (Å²) < 4.78 is 4.75. The van der Waals surface area contributed by atoms with Crippen LogP contribution in [0.3, 0.4) is 0 Å². The Hall–Kier alpha value is -9.97. The van der Waals surface area contributed by atoms with Crippen molar-refractivity contribution in [2.24, 2.45) is 0 Å². The number of hydrogen-bond donors (Lipinski definition) is 0. The number of rotatable bonds is 9. The largest absolute Gasteiger partial charge is 0.307 e. The summed E-state index contributed by atoms with van der Waals surface area (Å²) >= 11 is 0. The molecule has 0 fully saturated rings. The summed E-state index contributed by atoms with van der Waals surface area (Å²) in [6.45, 7) is 0. The second kappa shape index (κ2) is 18.0. The zero-order chi connectivity index (χ0) is 49.0. The molecular weight excluding hydrogens is 899 g/mol. The van der Waals surface area contributed by atoms with Crippen molar-refractivity contribution in [2.45, 2.75) is 0 Å². The normalized spacial score (nSPS) is 11.5. The molecule has 11 aromatic carbocycles. The maximum absolute atomic E-state index is 5.37. The molecule has 0 spiro atoms. The first-order chi connectivity index (χ1) is 36.7. The van der Waals surface area contributed by atoms with Crippen LogP contribution in [0.25, 0.3) is 134 Å². The predicted octanol–water partition coefficient (Wildman–Crippen LogP) is 17.7. The summed E-state index contributed by atoms with van der Waals surface area (Å²) in [4.78, 5) is 15.9. The predicted molar refractivity (Wildman–Crippen MR) is 307 cm³/mol. The molecule has 0 radical (unpaired) electrons. The molecule has 0 saturated heterocycles. The molecule has 5 heteroatoms. The van der Waals surface area contributed by atoms with Crippen LogP contribution < -0.4 is 0 Å². The number of fused-ring (bicyclic) bond motifs is 7. The molecule has 14 aromatic rings. The van der Waals surface area contributed by atoms with E-state index in [0.29, 0.717) is 17.6 Å². The molecule has 0 bridgehead atoms. The van der Waals surface area contributed by atoms with E-state index in [-0.39, 0.29) is 0 Å². The van der Waals surface area contributed by atoms with Crippen molar-refractivity contribution < 1.29 is 0 Å². The molecule has 0 N–H and O–H groups in total. The molecule has 0 aliphatic rings. The van der Waals surface area contributed by atoms with Crippen LogP contribution in [0.4, 0.5) is 0 Å². The van der Waals surface area contributed by atoms with E-state index in [9.17, 15) is 0 Å².